The molecule has 0 saturated carbocycles. The van der Waals surface area contributed by atoms with Gasteiger partial charge < -0.3 is 14.8 Å². The van der Waals surface area contributed by atoms with E-state index in [1.165, 1.54) is 30.6 Å². The van der Waals surface area contributed by atoms with Crippen LogP contribution in [0, 0.1) is 5.82 Å². The molecule has 0 atom stereocenters. The van der Waals surface area contributed by atoms with E-state index < -0.39 is 24.2 Å². The lowest BCUT2D eigenvalue weighted by molar-refractivity contribution is -0.142. The number of hydrogen-bond donors (Lipinski definition) is 1. The second-order valence-electron chi connectivity index (χ2n) is 5.93. The fourth-order valence-electron chi connectivity index (χ4n) is 2.32. The number of carbonyl (C=O) groups is 4. The number of amides is 1. The van der Waals surface area contributed by atoms with Crippen LogP contribution in [0.2, 0.25) is 0 Å². The predicted octanol–water partition coefficient (Wildman–Crippen LogP) is 2.79. The summed E-state index contributed by atoms with van der Waals surface area (Å²) in [5.74, 6) is -2.38. The highest BCUT2D eigenvalue weighted by Gasteiger charge is 2.14. The summed E-state index contributed by atoms with van der Waals surface area (Å²) in [7, 11) is 1.31. The minimum absolute atomic E-state index is 0.00590. The van der Waals surface area contributed by atoms with Gasteiger partial charge in [-0.1, -0.05) is 6.07 Å². The molecular weight excluding hydrogens is 401 g/mol. The van der Waals surface area contributed by atoms with Crippen LogP contribution in [0.4, 0.5) is 4.39 Å². The van der Waals surface area contributed by atoms with Gasteiger partial charge in [-0.15, -0.1) is 11.3 Å². The average molecular weight is 421 g/mol. The standard InChI is InChI=1S/C20H20FNO6S/c1-27-17-6-4-13(11-14(17)21)16(24)12-28-20(26)8-9-22-19(25)7-5-15(23)18-3-2-10-29-18/h2-4,6,10-11H,5,7-9,12H2,1H3,(H,22,25). The summed E-state index contributed by atoms with van der Waals surface area (Å²) >= 11 is 1.32. The largest absolute Gasteiger partial charge is 0.494 e. The van der Waals surface area contributed by atoms with Crippen molar-refractivity contribution in [1.29, 1.82) is 0 Å². The molecule has 1 N–H and O–H groups in total. The van der Waals surface area contributed by atoms with E-state index in [4.69, 9.17) is 9.47 Å². The van der Waals surface area contributed by atoms with Gasteiger partial charge in [0.15, 0.2) is 29.7 Å². The minimum atomic E-state index is -0.690. The number of thiophene rings is 1. The van der Waals surface area contributed by atoms with Crippen molar-refractivity contribution in [2.24, 2.45) is 0 Å². The molecule has 2 rings (SSSR count). The van der Waals surface area contributed by atoms with Gasteiger partial charge in [0.1, 0.15) is 0 Å². The zero-order valence-electron chi connectivity index (χ0n) is 15.7. The van der Waals surface area contributed by atoms with Crippen LogP contribution in [0.5, 0.6) is 5.75 Å². The number of esters is 1. The summed E-state index contributed by atoms with van der Waals surface area (Å²) in [4.78, 5) is 47.8. The van der Waals surface area contributed by atoms with Crippen molar-refractivity contribution >= 4 is 34.8 Å². The maximum absolute atomic E-state index is 13.6. The summed E-state index contributed by atoms with van der Waals surface area (Å²) in [6.45, 7) is -0.510. The number of carbonyl (C=O) groups excluding carboxylic acids is 4. The van der Waals surface area contributed by atoms with E-state index in [9.17, 15) is 23.6 Å². The Kier molecular flexibility index (Phi) is 8.47. The van der Waals surface area contributed by atoms with Crippen molar-refractivity contribution < 1.29 is 33.0 Å². The van der Waals surface area contributed by atoms with E-state index in [-0.39, 0.29) is 48.8 Å². The maximum Gasteiger partial charge on any atom is 0.308 e. The van der Waals surface area contributed by atoms with Gasteiger partial charge in [-0.25, -0.2) is 4.39 Å². The normalized spacial score (nSPS) is 10.3. The molecule has 0 radical (unpaired) electrons. The number of nitrogens with one attached hydrogen (secondary N) is 1. The molecule has 2 aromatic rings. The lowest BCUT2D eigenvalue weighted by Gasteiger charge is -2.07. The van der Waals surface area contributed by atoms with E-state index in [0.29, 0.717) is 4.88 Å². The minimum Gasteiger partial charge on any atom is -0.494 e. The van der Waals surface area contributed by atoms with Crippen molar-refractivity contribution in [3.63, 3.8) is 0 Å². The monoisotopic (exact) mass is 421 g/mol. The number of halogens is 1. The second-order valence-corrected chi connectivity index (χ2v) is 6.88. The van der Waals surface area contributed by atoms with Crippen LogP contribution < -0.4 is 10.1 Å². The number of hydrogen-bond acceptors (Lipinski definition) is 7. The quantitative estimate of drug-likeness (QED) is 0.443. The van der Waals surface area contributed by atoms with Crippen LogP contribution in [0.25, 0.3) is 0 Å². The highest BCUT2D eigenvalue weighted by molar-refractivity contribution is 7.12. The molecule has 1 amide bonds. The topological polar surface area (TPSA) is 98.8 Å². The number of Topliss-reactive ketones (excluding diaryl/α,β-unsaturated/α-hetero) is 2. The lowest BCUT2D eigenvalue weighted by atomic mass is 10.1. The zero-order valence-corrected chi connectivity index (χ0v) is 16.6. The summed E-state index contributed by atoms with van der Waals surface area (Å²) in [6, 6.07) is 7.15. The molecule has 7 nitrogen and oxygen atoms in total. The Hall–Kier alpha value is -3.07. The lowest BCUT2D eigenvalue weighted by Crippen LogP contribution is -2.27. The second kappa shape index (κ2) is 11.1. The van der Waals surface area contributed by atoms with Crippen molar-refractivity contribution in [3.8, 4) is 5.75 Å². The highest BCUT2D eigenvalue weighted by Crippen LogP contribution is 2.18. The first kappa shape index (κ1) is 22.2. The SMILES string of the molecule is COc1ccc(C(=O)COC(=O)CCNC(=O)CCC(=O)c2cccs2)cc1F. The third-order valence-electron chi connectivity index (χ3n) is 3.86. The van der Waals surface area contributed by atoms with Gasteiger partial charge >= 0.3 is 5.97 Å². The van der Waals surface area contributed by atoms with Crippen LogP contribution >= 0.6 is 11.3 Å². The first-order chi connectivity index (χ1) is 13.9. The smallest absolute Gasteiger partial charge is 0.308 e. The van der Waals surface area contributed by atoms with Crippen molar-refractivity contribution in [2.75, 3.05) is 20.3 Å². The van der Waals surface area contributed by atoms with Gasteiger partial charge in [0.2, 0.25) is 5.91 Å². The van der Waals surface area contributed by atoms with E-state index in [1.807, 2.05) is 0 Å². The van der Waals surface area contributed by atoms with Crippen LogP contribution in [0.3, 0.4) is 0 Å². The van der Waals surface area contributed by atoms with Crippen molar-refractivity contribution in [1.82, 2.24) is 5.32 Å². The molecule has 1 aromatic heterocycles. The Labute approximate surface area is 170 Å². The molecule has 0 bridgehead atoms. The third-order valence-corrected chi connectivity index (χ3v) is 4.78. The van der Waals surface area contributed by atoms with Gasteiger partial charge in [0.05, 0.1) is 18.4 Å². The molecule has 0 saturated heterocycles. The maximum atomic E-state index is 13.6. The summed E-state index contributed by atoms with van der Waals surface area (Å²) in [5, 5.41) is 4.30. The number of benzene rings is 1. The highest BCUT2D eigenvalue weighted by atomic mass is 32.1. The predicted molar refractivity (Wildman–Crippen MR) is 104 cm³/mol. The molecule has 0 fully saturated rings. The first-order valence-corrected chi connectivity index (χ1v) is 9.64. The Morgan fingerprint density at radius 2 is 1.86 bits per heavy atom. The van der Waals surface area contributed by atoms with E-state index in [0.717, 1.165) is 6.07 Å². The van der Waals surface area contributed by atoms with E-state index in [1.54, 1.807) is 17.5 Å². The number of ketones is 2. The first-order valence-electron chi connectivity index (χ1n) is 8.76. The molecule has 0 spiro atoms. The molecule has 0 aliphatic heterocycles. The van der Waals surface area contributed by atoms with Crippen LogP contribution in [-0.2, 0) is 14.3 Å². The van der Waals surface area contributed by atoms with Gasteiger partial charge in [-0.05, 0) is 29.6 Å². The Morgan fingerprint density at radius 1 is 1.07 bits per heavy atom. The average Bonchev–Trinajstić information content (AvgIpc) is 3.25. The molecule has 29 heavy (non-hydrogen) atoms. The Morgan fingerprint density at radius 3 is 2.52 bits per heavy atom. The van der Waals surface area contributed by atoms with Crippen molar-refractivity contribution in [2.45, 2.75) is 19.3 Å². The number of methoxy groups -OCH3 is 1. The summed E-state index contributed by atoms with van der Waals surface area (Å²) in [6.07, 6.45) is -0.0219. The Balaban J connectivity index is 1.64. The zero-order chi connectivity index (χ0) is 21.2. The van der Waals surface area contributed by atoms with Crippen molar-refractivity contribution in [3.05, 3.63) is 52.0 Å². The van der Waals surface area contributed by atoms with Crippen LogP contribution in [0.15, 0.2) is 35.7 Å². The molecule has 0 unspecified atom stereocenters. The van der Waals surface area contributed by atoms with Gasteiger partial charge in [-0.3, -0.25) is 19.2 Å². The fraction of sp³-hybridized carbons (Fsp3) is 0.300. The van der Waals surface area contributed by atoms with Crippen LogP contribution in [0.1, 0.15) is 39.3 Å². The summed E-state index contributed by atoms with van der Waals surface area (Å²) in [5.41, 5.74) is 0.0554. The summed E-state index contributed by atoms with van der Waals surface area (Å²) < 4.78 is 23.2. The van der Waals surface area contributed by atoms with Gasteiger partial charge in [-0.2, -0.15) is 0 Å². The van der Waals surface area contributed by atoms with E-state index in [2.05, 4.69) is 5.32 Å². The molecule has 0 aliphatic carbocycles. The fourth-order valence-corrected chi connectivity index (χ4v) is 3.02. The van der Waals surface area contributed by atoms with Gasteiger partial charge in [0, 0.05) is 24.9 Å². The number of rotatable bonds is 11. The van der Waals surface area contributed by atoms with Gasteiger partial charge in [0.25, 0.3) is 0 Å². The number of ether oxygens (including phenoxy) is 2. The molecule has 154 valence electrons. The Bertz CT molecular complexity index is 881. The molecular formula is C20H20FNO6S. The molecule has 9 heteroatoms. The molecule has 1 aromatic carbocycles. The third kappa shape index (κ3) is 7.11. The molecule has 0 aliphatic rings. The van der Waals surface area contributed by atoms with Crippen LogP contribution in [-0.4, -0.2) is 43.7 Å². The van der Waals surface area contributed by atoms with E-state index >= 15 is 0 Å². The molecule has 1 heterocycles.